The summed E-state index contributed by atoms with van der Waals surface area (Å²) in [4.78, 5) is 0. The maximum absolute atomic E-state index is 14.6. The first-order valence-corrected chi connectivity index (χ1v) is 7.37. The van der Waals surface area contributed by atoms with Gasteiger partial charge in [0.05, 0.1) is 0 Å². The van der Waals surface area contributed by atoms with Crippen molar-refractivity contribution in [2.24, 2.45) is 0 Å². The van der Waals surface area contributed by atoms with Crippen molar-refractivity contribution in [2.45, 2.75) is 97.1 Å². The number of rotatable bonds is 11. The van der Waals surface area contributed by atoms with Gasteiger partial charge in [-0.25, -0.2) is 4.39 Å². The van der Waals surface area contributed by atoms with Gasteiger partial charge in [0.25, 0.3) is 0 Å². The van der Waals surface area contributed by atoms with Gasteiger partial charge in [0.15, 0.2) is 0 Å². The Kier molecular flexibility index (Phi) is 10.1. The highest BCUT2D eigenvalue weighted by Crippen LogP contribution is 2.31. The van der Waals surface area contributed by atoms with Crippen LogP contribution in [0.2, 0.25) is 0 Å². The normalized spacial score (nSPS) is 12.0. The lowest BCUT2D eigenvalue weighted by Gasteiger charge is -2.25. The minimum absolute atomic E-state index is 0.789. The molecule has 0 aromatic heterocycles. The molecule has 0 N–H and O–H groups in total. The first-order chi connectivity index (χ1) is 7.68. The predicted octanol–water partition coefficient (Wildman–Crippen LogP) is 6.05. The van der Waals surface area contributed by atoms with Gasteiger partial charge in [-0.3, -0.25) is 0 Å². The van der Waals surface area contributed by atoms with Crippen molar-refractivity contribution in [1.82, 2.24) is 0 Å². The average Bonchev–Trinajstić information content (AvgIpc) is 2.27. The van der Waals surface area contributed by atoms with Crippen LogP contribution < -0.4 is 0 Å². The first-order valence-electron chi connectivity index (χ1n) is 7.37. The summed E-state index contributed by atoms with van der Waals surface area (Å²) in [5, 5.41) is 0. The third-order valence-corrected chi connectivity index (χ3v) is 3.44. The molecule has 0 radical (unpaired) electrons. The fourth-order valence-electron chi connectivity index (χ4n) is 2.25. The van der Waals surface area contributed by atoms with Crippen LogP contribution >= 0.6 is 0 Å². The maximum Gasteiger partial charge on any atom is 0.111 e. The van der Waals surface area contributed by atoms with Crippen molar-refractivity contribution < 1.29 is 4.39 Å². The van der Waals surface area contributed by atoms with Gasteiger partial charge in [0, 0.05) is 0 Å². The highest BCUT2D eigenvalue weighted by atomic mass is 19.1. The smallest absolute Gasteiger partial charge is 0.111 e. The zero-order chi connectivity index (χ0) is 12.3. The van der Waals surface area contributed by atoms with E-state index in [1.807, 2.05) is 0 Å². The topological polar surface area (TPSA) is 0 Å². The van der Waals surface area contributed by atoms with Crippen molar-refractivity contribution in [2.75, 3.05) is 0 Å². The van der Waals surface area contributed by atoms with Crippen LogP contribution in [0.1, 0.15) is 91.4 Å². The molecule has 0 saturated carbocycles. The number of halogens is 1. The Morgan fingerprint density at radius 3 is 1.38 bits per heavy atom. The van der Waals surface area contributed by atoms with E-state index in [1.165, 1.54) is 25.7 Å². The molecule has 0 unspecified atom stereocenters. The van der Waals surface area contributed by atoms with Crippen molar-refractivity contribution in [3.05, 3.63) is 0 Å². The first kappa shape index (κ1) is 15.9. The molecule has 0 rings (SSSR count). The molecule has 0 spiro atoms. The van der Waals surface area contributed by atoms with Gasteiger partial charge in [0.1, 0.15) is 5.67 Å². The lowest BCUT2D eigenvalue weighted by molar-refractivity contribution is 0.113. The van der Waals surface area contributed by atoms with Crippen LogP contribution in [0.4, 0.5) is 4.39 Å². The number of alkyl halides is 1. The van der Waals surface area contributed by atoms with Crippen LogP contribution in [0.3, 0.4) is 0 Å². The fourth-order valence-corrected chi connectivity index (χ4v) is 2.25. The summed E-state index contributed by atoms with van der Waals surface area (Å²) in [7, 11) is 0. The molecule has 0 atom stereocenters. The standard InChI is InChI=1S/C15H31F/c1-4-7-10-13-15(16,12-9-6-3)14-11-8-5-2/h4-14H2,1-3H3. The van der Waals surface area contributed by atoms with Crippen LogP contribution in [-0.2, 0) is 0 Å². The summed E-state index contributed by atoms with van der Waals surface area (Å²) in [5.74, 6) is 0. The fraction of sp³-hybridized carbons (Fsp3) is 1.00. The summed E-state index contributed by atoms with van der Waals surface area (Å²) in [6.45, 7) is 6.52. The molecule has 1 heteroatoms. The average molecular weight is 230 g/mol. The molecule has 0 amide bonds. The van der Waals surface area contributed by atoms with E-state index in [2.05, 4.69) is 20.8 Å². The van der Waals surface area contributed by atoms with E-state index >= 15 is 0 Å². The number of unbranched alkanes of at least 4 members (excludes halogenated alkanes) is 5. The number of hydrogen-bond acceptors (Lipinski definition) is 0. The molecule has 0 fully saturated rings. The van der Waals surface area contributed by atoms with Crippen molar-refractivity contribution in [3.63, 3.8) is 0 Å². The Balaban J connectivity index is 3.91. The quantitative estimate of drug-likeness (QED) is 0.379. The zero-order valence-corrected chi connectivity index (χ0v) is 11.7. The van der Waals surface area contributed by atoms with Gasteiger partial charge in [-0.1, -0.05) is 72.1 Å². The largest absolute Gasteiger partial charge is 0.244 e. The van der Waals surface area contributed by atoms with E-state index in [-0.39, 0.29) is 0 Å². The van der Waals surface area contributed by atoms with E-state index in [4.69, 9.17) is 0 Å². The van der Waals surface area contributed by atoms with Gasteiger partial charge in [0.2, 0.25) is 0 Å². The molecule has 0 heterocycles. The Morgan fingerprint density at radius 1 is 0.625 bits per heavy atom. The van der Waals surface area contributed by atoms with Gasteiger partial charge in [-0.15, -0.1) is 0 Å². The third-order valence-electron chi connectivity index (χ3n) is 3.44. The Hall–Kier alpha value is -0.0700. The molecule has 98 valence electrons. The second kappa shape index (κ2) is 10.1. The van der Waals surface area contributed by atoms with Crippen LogP contribution in [-0.4, -0.2) is 5.67 Å². The van der Waals surface area contributed by atoms with E-state index in [9.17, 15) is 4.39 Å². The van der Waals surface area contributed by atoms with Crippen molar-refractivity contribution in [3.8, 4) is 0 Å². The SMILES string of the molecule is CCCCCC(F)(CCCC)CCCCC. The number of hydrogen-bond donors (Lipinski definition) is 0. The monoisotopic (exact) mass is 230 g/mol. The van der Waals surface area contributed by atoms with E-state index in [0.29, 0.717) is 0 Å². The molecule has 0 nitrogen and oxygen atoms in total. The van der Waals surface area contributed by atoms with Crippen LogP contribution in [0.5, 0.6) is 0 Å². The minimum atomic E-state index is -0.847. The third kappa shape index (κ3) is 8.13. The molecule has 0 saturated heterocycles. The molecular formula is C15H31F. The maximum atomic E-state index is 14.6. The molecule has 0 aliphatic rings. The highest BCUT2D eigenvalue weighted by molar-refractivity contribution is 4.79. The summed E-state index contributed by atoms with van der Waals surface area (Å²) in [5.41, 5.74) is -0.847. The second-order valence-electron chi connectivity index (χ2n) is 5.17. The van der Waals surface area contributed by atoms with E-state index in [0.717, 1.165) is 44.9 Å². The summed E-state index contributed by atoms with van der Waals surface area (Å²) < 4.78 is 14.6. The minimum Gasteiger partial charge on any atom is -0.244 e. The van der Waals surface area contributed by atoms with Crippen LogP contribution in [0, 0.1) is 0 Å². The van der Waals surface area contributed by atoms with Crippen molar-refractivity contribution >= 4 is 0 Å². The predicted molar refractivity (Wildman–Crippen MR) is 71.6 cm³/mol. The molecule has 0 aromatic rings. The molecular weight excluding hydrogens is 199 g/mol. The van der Waals surface area contributed by atoms with E-state index in [1.54, 1.807) is 0 Å². The van der Waals surface area contributed by atoms with Crippen LogP contribution in [0.25, 0.3) is 0 Å². The molecule has 0 aliphatic heterocycles. The summed E-state index contributed by atoms with van der Waals surface area (Å²) >= 11 is 0. The zero-order valence-electron chi connectivity index (χ0n) is 11.7. The molecule has 0 bridgehead atoms. The van der Waals surface area contributed by atoms with Gasteiger partial charge >= 0.3 is 0 Å². The van der Waals surface area contributed by atoms with Gasteiger partial charge in [-0.2, -0.15) is 0 Å². The van der Waals surface area contributed by atoms with E-state index < -0.39 is 5.67 Å². The summed E-state index contributed by atoms with van der Waals surface area (Å²) in [6.07, 6.45) is 11.5. The highest BCUT2D eigenvalue weighted by Gasteiger charge is 2.27. The second-order valence-corrected chi connectivity index (χ2v) is 5.17. The van der Waals surface area contributed by atoms with Gasteiger partial charge in [-0.05, 0) is 19.3 Å². The lowest BCUT2D eigenvalue weighted by atomic mass is 9.87. The Bertz CT molecular complexity index is 132. The lowest BCUT2D eigenvalue weighted by Crippen LogP contribution is -2.22. The van der Waals surface area contributed by atoms with Crippen LogP contribution in [0.15, 0.2) is 0 Å². The molecule has 16 heavy (non-hydrogen) atoms. The van der Waals surface area contributed by atoms with Crippen molar-refractivity contribution in [1.29, 1.82) is 0 Å². The Morgan fingerprint density at radius 2 is 1.00 bits per heavy atom. The summed E-state index contributed by atoms with van der Waals surface area (Å²) in [6, 6.07) is 0. The molecule has 0 aromatic carbocycles. The van der Waals surface area contributed by atoms with Gasteiger partial charge < -0.3 is 0 Å². The molecule has 0 aliphatic carbocycles. The Labute approximate surface area is 102 Å².